The Morgan fingerprint density at radius 2 is 2.22 bits per heavy atom. The van der Waals surface area contributed by atoms with Gasteiger partial charge in [0.05, 0.1) is 0 Å². The van der Waals surface area contributed by atoms with Crippen LogP contribution in [0.1, 0.15) is 16.0 Å². The van der Waals surface area contributed by atoms with Crippen molar-refractivity contribution in [3.63, 3.8) is 0 Å². The Bertz CT molecular complexity index is 565. The summed E-state index contributed by atoms with van der Waals surface area (Å²) in [6.45, 7) is 3.03. The number of rotatable bonds is 2. The van der Waals surface area contributed by atoms with E-state index in [4.69, 9.17) is 17.3 Å². The molecule has 18 heavy (non-hydrogen) atoms. The highest BCUT2D eigenvalue weighted by Crippen LogP contribution is 2.27. The number of hydrogen-bond acceptors (Lipinski definition) is 3. The zero-order valence-corrected chi connectivity index (χ0v) is 11.6. The quantitative estimate of drug-likeness (QED) is 0.852. The molecule has 0 radical (unpaired) electrons. The van der Waals surface area contributed by atoms with Gasteiger partial charge in [0.15, 0.2) is 0 Å². The molecular formula is C14H15ClN2S. The van der Waals surface area contributed by atoms with Crippen LogP contribution in [0.2, 0.25) is 5.02 Å². The van der Waals surface area contributed by atoms with E-state index in [1.807, 2.05) is 29.5 Å². The van der Waals surface area contributed by atoms with Gasteiger partial charge >= 0.3 is 0 Å². The number of nitrogen functional groups attached to an aromatic ring is 1. The Morgan fingerprint density at radius 3 is 3.06 bits per heavy atom. The van der Waals surface area contributed by atoms with Crippen LogP contribution in [0.3, 0.4) is 0 Å². The normalized spacial score (nSPS) is 15.6. The van der Waals surface area contributed by atoms with E-state index in [1.165, 1.54) is 10.4 Å². The molecular weight excluding hydrogens is 264 g/mol. The zero-order valence-electron chi connectivity index (χ0n) is 10.0. The van der Waals surface area contributed by atoms with Crippen LogP contribution in [-0.2, 0) is 19.5 Å². The molecule has 1 aliphatic rings. The largest absolute Gasteiger partial charge is 0.399 e. The molecule has 2 heterocycles. The molecule has 1 aromatic heterocycles. The number of benzene rings is 1. The molecule has 0 saturated heterocycles. The van der Waals surface area contributed by atoms with Crippen molar-refractivity contribution >= 4 is 28.6 Å². The highest BCUT2D eigenvalue weighted by atomic mass is 35.5. The molecule has 0 unspecified atom stereocenters. The second-order valence-corrected chi connectivity index (χ2v) is 6.09. The van der Waals surface area contributed by atoms with Crippen LogP contribution >= 0.6 is 22.9 Å². The van der Waals surface area contributed by atoms with Crippen LogP contribution in [0.25, 0.3) is 0 Å². The first kappa shape index (κ1) is 12.0. The molecule has 2 N–H and O–H groups in total. The molecule has 1 aromatic carbocycles. The van der Waals surface area contributed by atoms with Crippen molar-refractivity contribution in [2.75, 3.05) is 12.3 Å². The van der Waals surface area contributed by atoms with E-state index in [0.29, 0.717) is 0 Å². The maximum absolute atomic E-state index is 6.22. The van der Waals surface area contributed by atoms with Gasteiger partial charge in [0.1, 0.15) is 0 Å². The molecule has 4 heteroatoms. The summed E-state index contributed by atoms with van der Waals surface area (Å²) >= 11 is 8.09. The Morgan fingerprint density at radius 1 is 1.33 bits per heavy atom. The lowest BCUT2D eigenvalue weighted by atomic mass is 10.1. The minimum atomic E-state index is 0.725. The molecule has 0 bridgehead atoms. The monoisotopic (exact) mass is 278 g/mol. The molecule has 2 aromatic rings. The number of halogens is 1. The number of hydrogen-bond donors (Lipinski definition) is 1. The van der Waals surface area contributed by atoms with E-state index >= 15 is 0 Å². The first-order valence-electron chi connectivity index (χ1n) is 6.04. The number of fused-ring (bicyclic) bond motifs is 1. The smallest absolute Gasteiger partial charge is 0.0471 e. The average Bonchev–Trinajstić information content (AvgIpc) is 2.80. The Labute approximate surface area is 116 Å². The lowest BCUT2D eigenvalue weighted by Crippen LogP contribution is -2.29. The maximum atomic E-state index is 6.22. The number of anilines is 1. The van der Waals surface area contributed by atoms with Crippen molar-refractivity contribution in [1.29, 1.82) is 0 Å². The van der Waals surface area contributed by atoms with Crippen LogP contribution in [0.15, 0.2) is 29.6 Å². The summed E-state index contributed by atoms with van der Waals surface area (Å²) in [6.07, 6.45) is 1.15. The lowest BCUT2D eigenvalue weighted by molar-refractivity contribution is 0.247. The van der Waals surface area contributed by atoms with E-state index in [0.717, 1.165) is 42.3 Å². The zero-order chi connectivity index (χ0) is 12.5. The van der Waals surface area contributed by atoms with Gasteiger partial charge in [-0.3, -0.25) is 4.90 Å². The van der Waals surface area contributed by atoms with Gasteiger partial charge < -0.3 is 5.73 Å². The van der Waals surface area contributed by atoms with E-state index in [9.17, 15) is 0 Å². The van der Waals surface area contributed by atoms with E-state index in [1.54, 1.807) is 0 Å². The number of thiophene rings is 1. The summed E-state index contributed by atoms with van der Waals surface area (Å²) in [4.78, 5) is 3.97. The topological polar surface area (TPSA) is 29.3 Å². The summed E-state index contributed by atoms with van der Waals surface area (Å²) in [5, 5.41) is 2.95. The van der Waals surface area contributed by atoms with Gasteiger partial charge in [0.25, 0.3) is 0 Å². The Kier molecular flexibility index (Phi) is 3.29. The second-order valence-electron chi connectivity index (χ2n) is 4.68. The third-order valence-corrected chi connectivity index (χ3v) is 4.73. The fourth-order valence-electron chi connectivity index (χ4n) is 2.37. The predicted molar refractivity (Wildman–Crippen MR) is 78.0 cm³/mol. The van der Waals surface area contributed by atoms with Crippen LogP contribution < -0.4 is 5.73 Å². The van der Waals surface area contributed by atoms with Crippen molar-refractivity contribution < 1.29 is 0 Å². The van der Waals surface area contributed by atoms with Crippen LogP contribution in [-0.4, -0.2) is 11.4 Å². The molecule has 0 fully saturated rings. The van der Waals surface area contributed by atoms with Crippen molar-refractivity contribution in [2.45, 2.75) is 19.5 Å². The molecule has 0 amide bonds. The van der Waals surface area contributed by atoms with Gasteiger partial charge in [0.2, 0.25) is 0 Å². The van der Waals surface area contributed by atoms with Gasteiger partial charge in [-0.2, -0.15) is 0 Å². The van der Waals surface area contributed by atoms with Crippen LogP contribution in [0.5, 0.6) is 0 Å². The second kappa shape index (κ2) is 4.92. The third kappa shape index (κ3) is 2.39. The third-order valence-electron chi connectivity index (χ3n) is 3.36. The van der Waals surface area contributed by atoms with Gasteiger partial charge in [0, 0.05) is 35.2 Å². The number of nitrogens with two attached hydrogens (primary N) is 1. The van der Waals surface area contributed by atoms with E-state index < -0.39 is 0 Å². The van der Waals surface area contributed by atoms with Gasteiger partial charge in [-0.1, -0.05) is 17.7 Å². The molecule has 0 saturated carbocycles. The highest BCUT2D eigenvalue weighted by molar-refractivity contribution is 7.10. The Hall–Kier alpha value is -1.03. The van der Waals surface area contributed by atoms with Crippen molar-refractivity contribution in [2.24, 2.45) is 0 Å². The first-order chi connectivity index (χ1) is 8.72. The number of nitrogens with zero attached hydrogens (tertiary/aromatic N) is 1. The molecule has 3 rings (SSSR count). The SMILES string of the molecule is Nc1ccc(CN2CCc3sccc3C2)c(Cl)c1. The summed E-state index contributed by atoms with van der Waals surface area (Å²) in [7, 11) is 0. The predicted octanol–water partition coefficient (Wildman–Crippen LogP) is 3.54. The molecule has 0 atom stereocenters. The molecule has 1 aliphatic heterocycles. The summed E-state index contributed by atoms with van der Waals surface area (Å²) in [5.41, 5.74) is 9.07. The molecule has 94 valence electrons. The van der Waals surface area contributed by atoms with E-state index in [-0.39, 0.29) is 0 Å². The Balaban J connectivity index is 1.74. The van der Waals surface area contributed by atoms with Crippen LogP contribution in [0, 0.1) is 0 Å². The maximum Gasteiger partial charge on any atom is 0.0471 e. The molecule has 0 spiro atoms. The summed E-state index contributed by atoms with van der Waals surface area (Å²) < 4.78 is 0. The van der Waals surface area contributed by atoms with E-state index in [2.05, 4.69) is 16.3 Å². The molecule has 2 nitrogen and oxygen atoms in total. The van der Waals surface area contributed by atoms with Gasteiger partial charge in [-0.05, 0) is 41.1 Å². The minimum absolute atomic E-state index is 0.725. The van der Waals surface area contributed by atoms with Crippen molar-refractivity contribution in [1.82, 2.24) is 4.90 Å². The van der Waals surface area contributed by atoms with Crippen molar-refractivity contribution in [3.8, 4) is 0 Å². The summed E-state index contributed by atoms with van der Waals surface area (Å²) in [5.74, 6) is 0. The van der Waals surface area contributed by atoms with Crippen LogP contribution in [0.4, 0.5) is 5.69 Å². The van der Waals surface area contributed by atoms with Gasteiger partial charge in [-0.25, -0.2) is 0 Å². The molecule has 0 aliphatic carbocycles. The highest BCUT2D eigenvalue weighted by Gasteiger charge is 2.17. The first-order valence-corrected chi connectivity index (χ1v) is 7.29. The average molecular weight is 279 g/mol. The fraction of sp³-hybridized carbons (Fsp3) is 0.286. The fourth-order valence-corrected chi connectivity index (χ4v) is 3.51. The van der Waals surface area contributed by atoms with Gasteiger partial charge in [-0.15, -0.1) is 11.3 Å². The van der Waals surface area contributed by atoms with Crippen molar-refractivity contribution in [3.05, 3.63) is 50.7 Å². The minimum Gasteiger partial charge on any atom is -0.399 e. The lowest BCUT2D eigenvalue weighted by Gasteiger charge is -2.27. The summed E-state index contributed by atoms with van der Waals surface area (Å²) in [6, 6.07) is 8.01. The standard InChI is InChI=1S/C14H15ClN2S/c15-13-7-12(16)2-1-10(13)8-17-5-3-14-11(9-17)4-6-18-14/h1-2,4,6-7H,3,5,8-9,16H2.